The largest absolute Gasteiger partial charge is 0.488 e. The number of carbonyl (C=O) groups excluding carboxylic acids is 1. The minimum absolute atomic E-state index is 0.0612. The van der Waals surface area contributed by atoms with Crippen LogP contribution in [0.1, 0.15) is 31.7 Å². The third-order valence-corrected chi connectivity index (χ3v) is 6.07. The molecule has 2 fully saturated rings. The molecule has 1 aliphatic carbocycles. The number of aromatic nitrogens is 1. The number of nitriles is 1. The van der Waals surface area contributed by atoms with E-state index in [0.29, 0.717) is 23.8 Å². The third kappa shape index (κ3) is 4.27. The molecule has 5 rings (SSSR count). The van der Waals surface area contributed by atoms with Crippen LogP contribution in [0.3, 0.4) is 0 Å². The smallest absolute Gasteiger partial charge is 0.411 e. The van der Waals surface area contributed by atoms with Gasteiger partial charge in [0, 0.05) is 23.6 Å². The average molecular weight is 431 g/mol. The van der Waals surface area contributed by atoms with Gasteiger partial charge in [0.05, 0.1) is 30.0 Å². The van der Waals surface area contributed by atoms with E-state index in [1.54, 1.807) is 12.1 Å². The molecule has 1 saturated heterocycles. The fraction of sp³-hybridized carbons (Fsp3) is 0.360. The monoisotopic (exact) mass is 431 g/mol. The number of amides is 1. The second-order valence-corrected chi connectivity index (χ2v) is 8.45. The Morgan fingerprint density at radius 2 is 2.03 bits per heavy atom. The molecule has 2 N–H and O–H groups in total. The number of ether oxygens (including phenoxy) is 3. The number of hydrogen-bond donors (Lipinski definition) is 2. The van der Waals surface area contributed by atoms with Gasteiger partial charge in [-0.2, -0.15) is 5.26 Å². The maximum Gasteiger partial charge on any atom is 0.411 e. The number of aromatic amines is 1. The highest BCUT2D eigenvalue weighted by molar-refractivity contribution is 5.94. The first-order chi connectivity index (χ1) is 15.6. The van der Waals surface area contributed by atoms with E-state index in [1.807, 2.05) is 37.3 Å². The molecular formula is C25H25N3O4. The second-order valence-electron chi connectivity index (χ2n) is 8.45. The Balaban J connectivity index is 1.33. The Labute approximate surface area is 186 Å². The lowest BCUT2D eigenvalue weighted by Crippen LogP contribution is -2.21. The number of fused-ring (bicyclic) bond motifs is 1. The van der Waals surface area contributed by atoms with Crippen LogP contribution in [-0.2, 0) is 9.47 Å². The molecule has 2 unspecified atom stereocenters. The van der Waals surface area contributed by atoms with Crippen LogP contribution in [0.5, 0.6) is 5.75 Å². The standard InChI is InChI=1S/C25H25N3O4/c1-15(16-2-3-16)31-25(29)27-18-6-4-17(5-7-18)24-22(13-26)21-9-8-19(12-23(21)28-24)32-20-10-11-30-14-20/h4-9,12,15-16,20,28H,2-3,10-11,14H2,1H3,(H,27,29). The first kappa shape index (κ1) is 20.4. The molecular weight excluding hydrogens is 406 g/mol. The lowest BCUT2D eigenvalue weighted by Gasteiger charge is -2.13. The van der Waals surface area contributed by atoms with Crippen LogP contribution in [0.15, 0.2) is 42.5 Å². The normalized spacial score (nSPS) is 18.8. The summed E-state index contributed by atoms with van der Waals surface area (Å²) in [5.41, 5.74) is 3.66. The van der Waals surface area contributed by atoms with Gasteiger partial charge in [-0.25, -0.2) is 4.79 Å². The van der Waals surface area contributed by atoms with E-state index in [2.05, 4.69) is 16.4 Å². The zero-order valence-corrected chi connectivity index (χ0v) is 17.9. The molecule has 2 aromatic carbocycles. The number of nitrogens with one attached hydrogen (secondary N) is 2. The van der Waals surface area contributed by atoms with Gasteiger partial charge in [0.15, 0.2) is 0 Å². The van der Waals surface area contributed by atoms with Crippen molar-refractivity contribution in [3.63, 3.8) is 0 Å². The van der Waals surface area contributed by atoms with Crippen LogP contribution in [0.25, 0.3) is 22.2 Å². The Hall–Kier alpha value is -3.50. The van der Waals surface area contributed by atoms with Gasteiger partial charge in [-0.3, -0.25) is 5.32 Å². The van der Waals surface area contributed by atoms with Crippen molar-refractivity contribution in [3.8, 4) is 23.1 Å². The molecule has 1 aromatic heterocycles. The molecule has 1 saturated carbocycles. The van der Waals surface area contributed by atoms with Crippen molar-refractivity contribution >= 4 is 22.7 Å². The highest BCUT2D eigenvalue weighted by Gasteiger charge is 2.30. The minimum atomic E-state index is -0.444. The summed E-state index contributed by atoms with van der Waals surface area (Å²) < 4.78 is 16.8. The molecule has 2 aliphatic rings. The van der Waals surface area contributed by atoms with E-state index in [-0.39, 0.29) is 12.2 Å². The van der Waals surface area contributed by atoms with Crippen LogP contribution in [0, 0.1) is 17.2 Å². The van der Waals surface area contributed by atoms with E-state index in [9.17, 15) is 10.1 Å². The number of hydrogen-bond acceptors (Lipinski definition) is 5. The Morgan fingerprint density at radius 3 is 2.72 bits per heavy atom. The van der Waals surface area contributed by atoms with Gasteiger partial charge in [-0.05, 0) is 55.5 Å². The lowest BCUT2D eigenvalue weighted by molar-refractivity contribution is 0.108. The first-order valence-corrected chi connectivity index (χ1v) is 11.0. The van der Waals surface area contributed by atoms with Crippen molar-refractivity contribution < 1.29 is 19.0 Å². The predicted octanol–water partition coefficient (Wildman–Crippen LogP) is 5.22. The van der Waals surface area contributed by atoms with Crippen LogP contribution in [0.2, 0.25) is 0 Å². The fourth-order valence-electron chi connectivity index (χ4n) is 4.08. The highest BCUT2D eigenvalue weighted by Crippen LogP contribution is 2.35. The van der Waals surface area contributed by atoms with Crippen LogP contribution in [-0.4, -0.2) is 36.5 Å². The summed E-state index contributed by atoms with van der Waals surface area (Å²) in [6.45, 7) is 3.25. The van der Waals surface area contributed by atoms with Gasteiger partial charge in [-0.1, -0.05) is 12.1 Å². The molecule has 164 valence electrons. The number of carbonyl (C=O) groups is 1. The third-order valence-electron chi connectivity index (χ3n) is 6.07. The van der Waals surface area contributed by atoms with Crippen molar-refractivity contribution in [1.29, 1.82) is 5.26 Å². The van der Waals surface area contributed by atoms with Crippen LogP contribution < -0.4 is 10.1 Å². The molecule has 2 atom stereocenters. The number of rotatable bonds is 6. The van der Waals surface area contributed by atoms with Crippen LogP contribution in [0.4, 0.5) is 10.5 Å². The summed E-state index contributed by atoms with van der Waals surface area (Å²) >= 11 is 0. The van der Waals surface area contributed by atoms with E-state index in [1.165, 1.54) is 0 Å². The van der Waals surface area contributed by atoms with E-state index in [0.717, 1.165) is 53.8 Å². The van der Waals surface area contributed by atoms with Crippen LogP contribution >= 0.6 is 0 Å². The van der Waals surface area contributed by atoms with Gasteiger partial charge in [0.25, 0.3) is 0 Å². The Bertz CT molecular complexity index is 1170. The molecule has 7 heteroatoms. The maximum atomic E-state index is 12.1. The van der Waals surface area contributed by atoms with Gasteiger partial charge in [-0.15, -0.1) is 0 Å². The average Bonchev–Trinajstić information content (AvgIpc) is 3.41. The zero-order valence-electron chi connectivity index (χ0n) is 17.9. The molecule has 0 bridgehead atoms. The van der Waals surface area contributed by atoms with Crippen molar-refractivity contribution in [2.75, 3.05) is 18.5 Å². The van der Waals surface area contributed by atoms with Gasteiger partial charge >= 0.3 is 6.09 Å². The molecule has 32 heavy (non-hydrogen) atoms. The molecule has 0 radical (unpaired) electrons. The number of nitrogens with zero attached hydrogens (tertiary/aromatic N) is 1. The number of H-pyrrole nitrogens is 1. The van der Waals surface area contributed by atoms with Gasteiger partial charge < -0.3 is 19.2 Å². The first-order valence-electron chi connectivity index (χ1n) is 11.0. The quantitative estimate of drug-likeness (QED) is 0.558. The zero-order chi connectivity index (χ0) is 22.1. The molecule has 1 aliphatic heterocycles. The van der Waals surface area contributed by atoms with E-state index >= 15 is 0 Å². The second kappa shape index (κ2) is 8.56. The summed E-state index contributed by atoms with van der Waals surface area (Å²) in [6, 6.07) is 15.4. The Morgan fingerprint density at radius 1 is 1.22 bits per heavy atom. The summed E-state index contributed by atoms with van der Waals surface area (Å²) in [7, 11) is 0. The van der Waals surface area contributed by atoms with Crippen molar-refractivity contribution in [2.24, 2.45) is 5.92 Å². The number of anilines is 1. The minimum Gasteiger partial charge on any atom is -0.488 e. The maximum absolute atomic E-state index is 12.1. The number of benzene rings is 2. The molecule has 7 nitrogen and oxygen atoms in total. The van der Waals surface area contributed by atoms with Gasteiger partial charge in [0.2, 0.25) is 0 Å². The lowest BCUT2D eigenvalue weighted by atomic mass is 10.1. The van der Waals surface area contributed by atoms with E-state index < -0.39 is 6.09 Å². The predicted molar refractivity (Wildman–Crippen MR) is 121 cm³/mol. The topological polar surface area (TPSA) is 96.4 Å². The highest BCUT2D eigenvalue weighted by atomic mass is 16.6. The van der Waals surface area contributed by atoms with Crippen molar-refractivity contribution in [1.82, 2.24) is 4.98 Å². The molecule has 2 heterocycles. The SMILES string of the molecule is CC(OC(=O)Nc1ccc(-c2[nH]c3cc(OC4CCOC4)ccc3c2C#N)cc1)C1CC1. The van der Waals surface area contributed by atoms with Crippen molar-refractivity contribution in [2.45, 2.75) is 38.4 Å². The summed E-state index contributed by atoms with van der Waals surface area (Å²) in [6.07, 6.45) is 2.69. The molecule has 0 spiro atoms. The fourth-order valence-corrected chi connectivity index (χ4v) is 4.08. The summed E-state index contributed by atoms with van der Waals surface area (Å²) in [5, 5.41) is 13.4. The van der Waals surface area contributed by atoms with Gasteiger partial charge in [0.1, 0.15) is 24.0 Å². The Kier molecular flexibility index (Phi) is 5.46. The molecule has 1 amide bonds. The van der Waals surface area contributed by atoms with E-state index in [4.69, 9.17) is 14.2 Å². The van der Waals surface area contributed by atoms with Crippen molar-refractivity contribution in [3.05, 3.63) is 48.0 Å². The molecule has 3 aromatic rings. The summed E-state index contributed by atoms with van der Waals surface area (Å²) in [5.74, 6) is 1.25. The summed E-state index contributed by atoms with van der Waals surface area (Å²) in [4.78, 5) is 15.4.